The summed E-state index contributed by atoms with van der Waals surface area (Å²) < 4.78 is 7.72. The molecular formula is C24H21ClN4O4. The van der Waals surface area contributed by atoms with E-state index in [-0.39, 0.29) is 24.0 Å². The van der Waals surface area contributed by atoms with Gasteiger partial charge in [-0.3, -0.25) is 19.1 Å². The molecular weight excluding hydrogens is 444 g/mol. The fourth-order valence-electron chi connectivity index (χ4n) is 3.47. The molecule has 0 aliphatic rings. The molecule has 0 bridgehead atoms. The van der Waals surface area contributed by atoms with Crippen LogP contribution in [-0.4, -0.2) is 26.6 Å². The first-order chi connectivity index (χ1) is 16.0. The maximum Gasteiger partial charge on any atom is 0.336 e. The summed E-state index contributed by atoms with van der Waals surface area (Å²) in [6, 6.07) is 16.6. The second kappa shape index (κ2) is 9.70. The number of rotatable bonds is 7. The normalized spacial score (nSPS) is 10.8. The van der Waals surface area contributed by atoms with Crippen LogP contribution in [-0.2, 0) is 17.9 Å². The van der Waals surface area contributed by atoms with Crippen molar-refractivity contribution in [2.24, 2.45) is 0 Å². The first kappa shape index (κ1) is 22.3. The third-order valence-corrected chi connectivity index (χ3v) is 5.24. The summed E-state index contributed by atoms with van der Waals surface area (Å²) in [7, 11) is 0. The number of fused-ring (bicyclic) bond motifs is 1. The van der Waals surface area contributed by atoms with Crippen LogP contribution in [0.1, 0.15) is 12.6 Å². The van der Waals surface area contributed by atoms with Gasteiger partial charge in [-0.25, -0.2) is 9.36 Å². The molecule has 0 fully saturated rings. The number of nitrogens with zero attached hydrogens (tertiary/aromatic N) is 3. The minimum absolute atomic E-state index is 0.214. The van der Waals surface area contributed by atoms with E-state index in [0.717, 1.165) is 4.57 Å². The van der Waals surface area contributed by atoms with Gasteiger partial charge in [0, 0.05) is 11.2 Å². The van der Waals surface area contributed by atoms with Crippen molar-refractivity contribution in [2.75, 3.05) is 6.61 Å². The van der Waals surface area contributed by atoms with Crippen LogP contribution in [0.5, 0.6) is 5.75 Å². The van der Waals surface area contributed by atoms with E-state index in [1.54, 1.807) is 54.7 Å². The predicted octanol–water partition coefficient (Wildman–Crippen LogP) is 2.92. The molecule has 168 valence electrons. The largest absolute Gasteiger partial charge is 0.494 e. The van der Waals surface area contributed by atoms with Crippen molar-refractivity contribution >= 4 is 28.4 Å². The minimum Gasteiger partial charge on any atom is -0.494 e. The Morgan fingerprint density at radius 3 is 2.58 bits per heavy atom. The van der Waals surface area contributed by atoms with Gasteiger partial charge >= 0.3 is 5.69 Å². The minimum atomic E-state index is -0.646. The number of ether oxygens (including phenoxy) is 1. The van der Waals surface area contributed by atoms with Gasteiger partial charge in [-0.15, -0.1) is 0 Å². The number of carbonyl (C=O) groups excluding carboxylic acids is 1. The van der Waals surface area contributed by atoms with Crippen molar-refractivity contribution in [3.63, 3.8) is 0 Å². The van der Waals surface area contributed by atoms with Crippen LogP contribution in [0.4, 0.5) is 0 Å². The van der Waals surface area contributed by atoms with Gasteiger partial charge < -0.3 is 10.1 Å². The maximum atomic E-state index is 13.4. The SMILES string of the molecule is CCOc1ccc(-n2c(=O)c3ccc(Cl)cc3n(CC(=O)NCc3ccccn3)c2=O)cc1. The van der Waals surface area contributed by atoms with Crippen molar-refractivity contribution < 1.29 is 9.53 Å². The Labute approximate surface area is 194 Å². The Hall–Kier alpha value is -3.91. The number of carbonyl (C=O) groups is 1. The quantitative estimate of drug-likeness (QED) is 0.453. The predicted molar refractivity (Wildman–Crippen MR) is 126 cm³/mol. The van der Waals surface area contributed by atoms with E-state index in [2.05, 4.69) is 10.3 Å². The van der Waals surface area contributed by atoms with E-state index >= 15 is 0 Å². The average molecular weight is 465 g/mol. The van der Waals surface area contributed by atoms with Crippen LogP contribution >= 0.6 is 11.6 Å². The number of aromatic nitrogens is 3. The summed E-state index contributed by atoms with van der Waals surface area (Å²) >= 11 is 6.13. The zero-order chi connectivity index (χ0) is 23.4. The lowest BCUT2D eigenvalue weighted by molar-refractivity contribution is -0.121. The van der Waals surface area contributed by atoms with Gasteiger partial charge in [-0.2, -0.15) is 0 Å². The van der Waals surface area contributed by atoms with Crippen LogP contribution in [0.25, 0.3) is 16.6 Å². The summed E-state index contributed by atoms with van der Waals surface area (Å²) in [6.07, 6.45) is 1.63. The number of hydrogen-bond acceptors (Lipinski definition) is 5. The summed E-state index contributed by atoms with van der Waals surface area (Å²) in [6.45, 7) is 2.28. The fourth-order valence-corrected chi connectivity index (χ4v) is 3.64. The molecule has 0 spiro atoms. The van der Waals surface area contributed by atoms with Gasteiger partial charge in [0.25, 0.3) is 5.56 Å². The van der Waals surface area contributed by atoms with Gasteiger partial charge in [0.1, 0.15) is 12.3 Å². The molecule has 9 heteroatoms. The topological polar surface area (TPSA) is 95.2 Å². The molecule has 2 aromatic carbocycles. The number of nitrogens with one attached hydrogen (secondary N) is 1. The molecule has 1 amide bonds. The highest BCUT2D eigenvalue weighted by Crippen LogP contribution is 2.18. The Morgan fingerprint density at radius 2 is 1.88 bits per heavy atom. The van der Waals surface area contributed by atoms with Crippen molar-refractivity contribution in [1.29, 1.82) is 0 Å². The molecule has 2 aromatic heterocycles. The van der Waals surface area contributed by atoms with Crippen LogP contribution < -0.4 is 21.3 Å². The monoisotopic (exact) mass is 464 g/mol. The lowest BCUT2D eigenvalue weighted by atomic mass is 10.2. The molecule has 2 heterocycles. The third-order valence-electron chi connectivity index (χ3n) is 5.01. The summed E-state index contributed by atoms with van der Waals surface area (Å²) in [5, 5.41) is 3.37. The zero-order valence-electron chi connectivity index (χ0n) is 17.8. The second-order valence-electron chi connectivity index (χ2n) is 7.20. The smallest absolute Gasteiger partial charge is 0.336 e. The van der Waals surface area contributed by atoms with Crippen molar-refractivity contribution in [3.05, 3.63) is 98.4 Å². The Bertz CT molecular complexity index is 1410. The fraction of sp³-hybridized carbons (Fsp3) is 0.167. The number of halogens is 1. The van der Waals surface area contributed by atoms with Gasteiger partial charge in [0.15, 0.2) is 0 Å². The standard InChI is InChI=1S/C24H21ClN4O4/c1-2-33-19-9-7-18(8-10-19)29-23(31)20-11-6-16(25)13-21(20)28(24(29)32)15-22(30)27-14-17-5-3-4-12-26-17/h3-13H,2,14-15H2,1H3,(H,27,30). The van der Waals surface area contributed by atoms with E-state index in [4.69, 9.17) is 16.3 Å². The molecule has 33 heavy (non-hydrogen) atoms. The van der Waals surface area contributed by atoms with E-state index < -0.39 is 17.2 Å². The van der Waals surface area contributed by atoms with Crippen molar-refractivity contribution in [1.82, 2.24) is 19.4 Å². The summed E-state index contributed by atoms with van der Waals surface area (Å²) in [5.74, 6) is 0.219. The molecule has 4 aromatic rings. The van der Waals surface area contributed by atoms with E-state index in [1.165, 1.54) is 10.6 Å². The first-order valence-corrected chi connectivity index (χ1v) is 10.7. The lowest BCUT2D eigenvalue weighted by Crippen LogP contribution is -2.41. The average Bonchev–Trinajstić information content (AvgIpc) is 2.82. The molecule has 0 radical (unpaired) electrons. The molecule has 0 atom stereocenters. The molecule has 0 saturated heterocycles. The van der Waals surface area contributed by atoms with Crippen LogP contribution in [0.15, 0.2) is 76.4 Å². The van der Waals surface area contributed by atoms with E-state index in [1.807, 2.05) is 13.0 Å². The maximum absolute atomic E-state index is 13.4. The second-order valence-corrected chi connectivity index (χ2v) is 7.63. The number of benzene rings is 2. The molecule has 0 aliphatic heterocycles. The molecule has 0 saturated carbocycles. The highest BCUT2D eigenvalue weighted by molar-refractivity contribution is 6.31. The first-order valence-electron chi connectivity index (χ1n) is 10.3. The highest BCUT2D eigenvalue weighted by Gasteiger charge is 2.17. The van der Waals surface area contributed by atoms with Crippen molar-refractivity contribution in [3.8, 4) is 11.4 Å². The van der Waals surface area contributed by atoms with Gasteiger partial charge in [-0.05, 0) is 61.5 Å². The summed E-state index contributed by atoms with van der Waals surface area (Å²) in [4.78, 5) is 43.4. The van der Waals surface area contributed by atoms with Crippen molar-refractivity contribution in [2.45, 2.75) is 20.0 Å². The Morgan fingerprint density at radius 1 is 1.09 bits per heavy atom. The van der Waals surface area contributed by atoms with Gasteiger partial charge in [0.2, 0.25) is 5.91 Å². The lowest BCUT2D eigenvalue weighted by Gasteiger charge is -2.15. The highest BCUT2D eigenvalue weighted by atomic mass is 35.5. The zero-order valence-corrected chi connectivity index (χ0v) is 18.6. The van der Waals surface area contributed by atoms with Gasteiger partial charge in [-0.1, -0.05) is 17.7 Å². The molecule has 8 nitrogen and oxygen atoms in total. The Balaban J connectivity index is 1.76. The van der Waals surface area contributed by atoms with E-state index in [9.17, 15) is 14.4 Å². The van der Waals surface area contributed by atoms with Gasteiger partial charge in [0.05, 0.1) is 35.4 Å². The molecule has 0 aliphatic carbocycles. The van der Waals surface area contributed by atoms with Crippen LogP contribution in [0.2, 0.25) is 5.02 Å². The number of hydrogen-bond donors (Lipinski definition) is 1. The van der Waals surface area contributed by atoms with Crippen LogP contribution in [0.3, 0.4) is 0 Å². The Kier molecular flexibility index (Phi) is 6.55. The van der Waals surface area contributed by atoms with E-state index in [0.29, 0.717) is 28.8 Å². The summed E-state index contributed by atoms with van der Waals surface area (Å²) in [5.41, 5.74) is 0.193. The third kappa shape index (κ3) is 4.80. The molecule has 1 N–H and O–H groups in total. The molecule has 0 unspecified atom stereocenters. The van der Waals surface area contributed by atoms with Crippen LogP contribution in [0, 0.1) is 0 Å². The number of pyridine rings is 1. The molecule has 4 rings (SSSR count). The number of amides is 1.